The zero-order valence-electron chi connectivity index (χ0n) is 24.3. The molecule has 0 fully saturated rings. The summed E-state index contributed by atoms with van der Waals surface area (Å²) in [6.07, 6.45) is -4.43. The van der Waals surface area contributed by atoms with Crippen molar-refractivity contribution >= 4 is 17.0 Å². The third kappa shape index (κ3) is 7.59. The van der Waals surface area contributed by atoms with Crippen molar-refractivity contribution in [3.8, 4) is 29.0 Å². The number of ether oxygens (including phenoxy) is 3. The van der Waals surface area contributed by atoms with Gasteiger partial charge in [0.15, 0.2) is 6.61 Å². The molecule has 13 heteroatoms. The first-order valence-electron chi connectivity index (χ1n) is 13.9. The molecule has 0 saturated carbocycles. The van der Waals surface area contributed by atoms with Gasteiger partial charge in [0.05, 0.1) is 40.5 Å². The van der Waals surface area contributed by atoms with E-state index in [0.29, 0.717) is 46.8 Å². The number of halogens is 4. The molecule has 0 aliphatic rings. The molecule has 5 rings (SSSR count). The molecular formula is C33H26F4N4O5. The molecule has 0 atom stereocenters. The van der Waals surface area contributed by atoms with Gasteiger partial charge in [0.25, 0.3) is 0 Å². The standard InChI is InChI=1S/C33H26F4N4O5/c1-44-12-11-41-28-15-23(32(42)43)9-10-27(28)39-30(41)16-21-7-8-22(14-25(21)34)26-3-2-4-31(40-26)45-18-24-6-5-20(17-38)13-29(24)46-19-33(35,36)37/h2-10,13-15H,11-12,16,18-19H2,1H3,(H,42,43). The minimum Gasteiger partial charge on any atom is -0.484 e. The maximum Gasteiger partial charge on any atom is 0.422 e. The highest BCUT2D eigenvalue weighted by Crippen LogP contribution is 2.28. The number of pyridine rings is 1. The molecule has 1 N–H and O–H groups in total. The van der Waals surface area contributed by atoms with Crippen LogP contribution in [-0.2, 0) is 24.3 Å². The highest BCUT2D eigenvalue weighted by atomic mass is 19.4. The minimum atomic E-state index is -4.56. The number of rotatable bonds is 12. The van der Waals surface area contributed by atoms with Crippen molar-refractivity contribution in [2.45, 2.75) is 25.7 Å². The van der Waals surface area contributed by atoms with Crippen molar-refractivity contribution in [2.75, 3.05) is 20.3 Å². The predicted molar refractivity (Wildman–Crippen MR) is 158 cm³/mol. The summed E-state index contributed by atoms with van der Waals surface area (Å²) in [5.41, 5.74) is 2.91. The van der Waals surface area contributed by atoms with Crippen LogP contribution in [0.1, 0.15) is 32.9 Å². The van der Waals surface area contributed by atoms with Gasteiger partial charge in [-0.2, -0.15) is 18.4 Å². The van der Waals surface area contributed by atoms with Crippen LogP contribution in [0, 0.1) is 17.1 Å². The van der Waals surface area contributed by atoms with Crippen LogP contribution in [0.3, 0.4) is 0 Å². The second-order valence-corrected chi connectivity index (χ2v) is 10.2. The van der Waals surface area contributed by atoms with E-state index in [9.17, 15) is 23.1 Å². The number of alkyl halides is 3. The molecule has 9 nitrogen and oxygen atoms in total. The van der Waals surface area contributed by atoms with Crippen molar-refractivity contribution in [1.82, 2.24) is 14.5 Å². The summed E-state index contributed by atoms with van der Waals surface area (Å²) in [6, 6.07) is 20.0. The monoisotopic (exact) mass is 634 g/mol. The van der Waals surface area contributed by atoms with Crippen LogP contribution < -0.4 is 9.47 Å². The number of aromatic carboxylic acids is 1. The third-order valence-corrected chi connectivity index (χ3v) is 6.98. The number of nitrogens with zero attached hydrogens (tertiary/aromatic N) is 4. The van der Waals surface area contributed by atoms with Crippen molar-refractivity contribution in [3.05, 3.63) is 107 Å². The smallest absolute Gasteiger partial charge is 0.422 e. The summed E-state index contributed by atoms with van der Waals surface area (Å²) in [4.78, 5) is 20.5. The van der Waals surface area contributed by atoms with E-state index >= 15 is 4.39 Å². The number of aromatic nitrogens is 3. The van der Waals surface area contributed by atoms with Crippen LogP contribution in [0.5, 0.6) is 11.6 Å². The zero-order chi connectivity index (χ0) is 32.8. The maximum atomic E-state index is 15.4. The number of methoxy groups -OCH3 is 1. The molecule has 0 spiro atoms. The summed E-state index contributed by atoms with van der Waals surface area (Å²) >= 11 is 0. The Hall–Kier alpha value is -5.48. The van der Waals surface area contributed by atoms with Crippen molar-refractivity contribution in [1.29, 1.82) is 5.26 Å². The summed E-state index contributed by atoms with van der Waals surface area (Å²) in [5, 5.41) is 18.5. The van der Waals surface area contributed by atoms with Gasteiger partial charge in [-0.25, -0.2) is 19.2 Å². The van der Waals surface area contributed by atoms with Crippen LogP contribution in [0.15, 0.2) is 72.8 Å². The van der Waals surface area contributed by atoms with E-state index in [0.717, 1.165) is 0 Å². The van der Waals surface area contributed by atoms with Crippen molar-refractivity contribution in [3.63, 3.8) is 0 Å². The first kappa shape index (κ1) is 31.9. The number of hydrogen-bond donors (Lipinski definition) is 1. The number of nitriles is 1. The van der Waals surface area contributed by atoms with Crippen LogP contribution in [-0.4, -0.2) is 52.1 Å². The van der Waals surface area contributed by atoms with Gasteiger partial charge in [0.1, 0.15) is 24.0 Å². The molecule has 5 aromatic rings. The van der Waals surface area contributed by atoms with Crippen LogP contribution in [0.25, 0.3) is 22.3 Å². The number of hydrogen-bond acceptors (Lipinski definition) is 7. The Morgan fingerprint density at radius 3 is 2.52 bits per heavy atom. The number of carboxylic acids is 1. The predicted octanol–water partition coefficient (Wildman–Crippen LogP) is 6.56. The Labute approximate surface area is 260 Å². The van der Waals surface area contributed by atoms with E-state index in [4.69, 9.17) is 19.5 Å². The molecule has 0 aliphatic heterocycles. The normalized spacial score (nSPS) is 11.4. The molecule has 2 heterocycles. The molecule has 0 amide bonds. The fourth-order valence-corrected chi connectivity index (χ4v) is 4.74. The number of benzene rings is 3. The Morgan fingerprint density at radius 1 is 1.00 bits per heavy atom. The fraction of sp³-hybridized carbons (Fsp3) is 0.212. The van der Waals surface area contributed by atoms with Gasteiger partial charge >= 0.3 is 12.1 Å². The van der Waals surface area contributed by atoms with Crippen molar-refractivity contribution < 1.29 is 41.7 Å². The Kier molecular flexibility index (Phi) is 9.48. The SMILES string of the molecule is COCCn1c(Cc2ccc(-c3cccc(OCc4ccc(C#N)cc4OCC(F)(F)F)n3)cc2F)nc2ccc(C(=O)O)cc21. The van der Waals surface area contributed by atoms with Crippen molar-refractivity contribution in [2.24, 2.45) is 0 Å². The lowest BCUT2D eigenvalue weighted by Gasteiger charge is -2.14. The van der Waals surface area contributed by atoms with E-state index in [1.807, 2.05) is 10.6 Å². The average molecular weight is 635 g/mol. The molecule has 0 saturated heterocycles. The lowest BCUT2D eigenvalue weighted by molar-refractivity contribution is -0.153. The topological polar surface area (TPSA) is 119 Å². The number of imidazole rings is 1. The highest BCUT2D eigenvalue weighted by Gasteiger charge is 2.29. The Bertz CT molecular complexity index is 1930. The average Bonchev–Trinajstić information content (AvgIpc) is 3.38. The molecule has 0 aliphatic carbocycles. The van der Waals surface area contributed by atoms with Crippen LogP contribution in [0.4, 0.5) is 17.6 Å². The lowest BCUT2D eigenvalue weighted by atomic mass is 10.1. The molecule has 236 valence electrons. The molecule has 0 bridgehead atoms. The largest absolute Gasteiger partial charge is 0.484 e. The second kappa shape index (κ2) is 13.7. The summed E-state index contributed by atoms with van der Waals surface area (Å²) < 4.78 is 71.3. The molecule has 2 aromatic heterocycles. The highest BCUT2D eigenvalue weighted by molar-refractivity contribution is 5.92. The van der Waals surface area contributed by atoms with Gasteiger partial charge < -0.3 is 23.9 Å². The minimum absolute atomic E-state index is 0.110. The van der Waals surface area contributed by atoms with E-state index in [-0.39, 0.29) is 41.3 Å². The molecule has 0 radical (unpaired) electrons. The fourth-order valence-electron chi connectivity index (χ4n) is 4.74. The maximum absolute atomic E-state index is 15.4. The first-order valence-corrected chi connectivity index (χ1v) is 13.9. The van der Waals surface area contributed by atoms with Crippen LogP contribution >= 0.6 is 0 Å². The van der Waals surface area contributed by atoms with Gasteiger partial charge in [0.2, 0.25) is 5.88 Å². The van der Waals surface area contributed by atoms with E-state index < -0.39 is 24.6 Å². The number of carboxylic acid groups (broad SMARTS) is 1. The second-order valence-electron chi connectivity index (χ2n) is 10.2. The van der Waals surface area contributed by atoms with Gasteiger partial charge in [-0.05, 0) is 48.0 Å². The molecule has 3 aromatic carbocycles. The van der Waals surface area contributed by atoms with E-state index in [1.54, 1.807) is 43.5 Å². The van der Waals surface area contributed by atoms with Gasteiger partial charge in [-0.15, -0.1) is 0 Å². The van der Waals surface area contributed by atoms with Crippen LogP contribution in [0.2, 0.25) is 0 Å². The first-order chi connectivity index (χ1) is 22.0. The third-order valence-electron chi connectivity index (χ3n) is 6.98. The zero-order valence-corrected chi connectivity index (χ0v) is 24.3. The molecule has 0 unspecified atom stereocenters. The quantitative estimate of drug-likeness (QED) is 0.153. The summed E-state index contributed by atoms with van der Waals surface area (Å²) in [7, 11) is 1.55. The molecular weight excluding hydrogens is 608 g/mol. The number of carbonyl (C=O) groups is 1. The van der Waals surface area contributed by atoms with E-state index in [2.05, 4.69) is 9.97 Å². The summed E-state index contributed by atoms with van der Waals surface area (Å²) in [6.45, 7) is -0.990. The van der Waals surface area contributed by atoms with Gasteiger partial charge in [-0.3, -0.25) is 0 Å². The van der Waals surface area contributed by atoms with Gasteiger partial charge in [-0.1, -0.05) is 24.3 Å². The number of fused-ring (bicyclic) bond motifs is 1. The summed E-state index contributed by atoms with van der Waals surface area (Å²) in [5.74, 6) is -1.03. The lowest BCUT2D eigenvalue weighted by Crippen LogP contribution is -2.20. The Morgan fingerprint density at radius 2 is 1.80 bits per heavy atom. The van der Waals surface area contributed by atoms with Gasteiger partial charge in [0, 0.05) is 37.3 Å². The molecule has 46 heavy (non-hydrogen) atoms. The Balaban J connectivity index is 1.34. The van der Waals surface area contributed by atoms with E-state index in [1.165, 1.54) is 36.4 Å².